The normalized spacial score (nSPS) is 15.9. The molecule has 0 radical (unpaired) electrons. The van der Waals surface area contributed by atoms with Gasteiger partial charge in [0.1, 0.15) is 6.61 Å². The summed E-state index contributed by atoms with van der Waals surface area (Å²) in [6.07, 6.45) is 0.348. The number of nitrogens with zero attached hydrogens (tertiary/aromatic N) is 3. The minimum atomic E-state index is -0.196. The van der Waals surface area contributed by atoms with Crippen molar-refractivity contribution in [1.29, 1.82) is 0 Å². The number of carbonyl (C=O) groups excluding carboxylic acids is 1. The molecule has 0 spiro atoms. The molecule has 8 heteroatoms. The van der Waals surface area contributed by atoms with Gasteiger partial charge in [-0.2, -0.15) is 5.10 Å². The van der Waals surface area contributed by atoms with E-state index in [1.54, 1.807) is 9.47 Å². The third kappa shape index (κ3) is 2.95. The molecule has 2 rings (SSSR count). The second-order valence-corrected chi connectivity index (χ2v) is 4.38. The van der Waals surface area contributed by atoms with Crippen LogP contribution >= 0.6 is 12.2 Å². The standard InChI is InChI=1S/C10H16N4O3S/c15-7-8-11-12-10(18)14(8)2-1-9(16)13-3-5-17-6-4-13/h15H,1-7H2,(H,12,18). The molecule has 1 aliphatic rings. The second-order valence-electron chi connectivity index (χ2n) is 4.00. The number of amides is 1. The third-order valence-electron chi connectivity index (χ3n) is 2.89. The number of aromatic nitrogens is 3. The zero-order chi connectivity index (χ0) is 13.0. The first-order valence-electron chi connectivity index (χ1n) is 5.83. The number of aliphatic hydroxyl groups is 1. The van der Waals surface area contributed by atoms with Crippen molar-refractivity contribution < 1.29 is 14.6 Å². The Balaban J connectivity index is 1.92. The van der Waals surface area contributed by atoms with Gasteiger partial charge in [0.15, 0.2) is 10.6 Å². The average Bonchev–Trinajstić information content (AvgIpc) is 2.77. The number of hydrogen-bond donors (Lipinski definition) is 2. The van der Waals surface area contributed by atoms with E-state index in [9.17, 15) is 4.79 Å². The maximum Gasteiger partial charge on any atom is 0.224 e. The molecule has 1 fully saturated rings. The van der Waals surface area contributed by atoms with Crippen LogP contribution in [0.4, 0.5) is 0 Å². The first-order valence-corrected chi connectivity index (χ1v) is 6.23. The average molecular weight is 272 g/mol. The summed E-state index contributed by atoms with van der Waals surface area (Å²) in [6, 6.07) is 0. The molecule has 1 saturated heterocycles. The van der Waals surface area contributed by atoms with E-state index >= 15 is 0 Å². The molecule has 7 nitrogen and oxygen atoms in total. The summed E-state index contributed by atoms with van der Waals surface area (Å²) in [5.41, 5.74) is 0. The van der Waals surface area contributed by atoms with Crippen LogP contribution in [-0.2, 0) is 22.7 Å². The van der Waals surface area contributed by atoms with E-state index in [1.807, 2.05) is 0 Å². The molecule has 1 aromatic rings. The summed E-state index contributed by atoms with van der Waals surface area (Å²) in [6.45, 7) is 2.71. The minimum Gasteiger partial charge on any atom is -0.388 e. The van der Waals surface area contributed by atoms with Crippen molar-refractivity contribution in [3.63, 3.8) is 0 Å². The van der Waals surface area contributed by atoms with E-state index < -0.39 is 0 Å². The van der Waals surface area contributed by atoms with Crippen LogP contribution in [0.2, 0.25) is 0 Å². The first-order chi connectivity index (χ1) is 8.72. The fourth-order valence-electron chi connectivity index (χ4n) is 1.88. The fourth-order valence-corrected chi connectivity index (χ4v) is 2.12. The van der Waals surface area contributed by atoms with E-state index in [1.165, 1.54) is 0 Å². The Bertz CT molecular complexity index is 464. The molecule has 100 valence electrons. The van der Waals surface area contributed by atoms with Crippen LogP contribution in [-0.4, -0.2) is 57.0 Å². The largest absolute Gasteiger partial charge is 0.388 e. The van der Waals surface area contributed by atoms with Crippen LogP contribution in [0.25, 0.3) is 0 Å². The van der Waals surface area contributed by atoms with Crippen molar-refractivity contribution >= 4 is 18.1 Å². The highest BCUT2D eigenvalue weighted by molar-refractivity contribution is 7.71. The molecule has 0 unspecified atom stereocenters. The molecule has 2 N–H and O–H groups in total. The predicted octanol–water partition coefficient (Wildman–Crippen LogP) is -0.318. The number of aliphatic hydroxyl groups excluding tert-OH is 1. The van der Waals surface area contributed by atoms with E-state index in [4.69, 9.17) is 22.1 Å². The minimum absolute atomic E-state index is 0.0743. The topological polar surface area (TPSA) is 83.4 Å². The van der Waals surface area contributed by atoms with E-state index in [2.05, 4.69) is 10.2 Å². The first kappa shape index (κ1) is 13.2. The number of H-pyrrole nitrogens is 1. The van der Waals surface area contributed by atoms with Gasteiger partial charge in [-0.1, -0.05) is 0 Å². The van der Waals surface area contributed by atoms with Crippen LogP contribution in [0.1, 0.15) is 12.2 Å². The van der Waals surface area contributed by atoms with Gasteiger partial charge in [-0.25, -0.2) is 0 Å². The molecule has 0 aromatic carbocycles. The Morgan fingerprint density at radius 3 is 2.89 bits per heavy atom. The van der Waals surface area contributed by atoms with Gasteiger partial charge in [0.2, 0.25) is 5.91 Å². The summed E-state index contributed by atoms with van der Waals surface area (Å²) in [5, 5.41) is 15.6. The molecule has 1 aliphatic heterocycles. The van der Waals surface area contributed by atoms with Gasteiger partial charge >= 0.3 is 0 Å². The van der Waals surface area contributed by atoms with Gasteiger partial charge in [-0.05, 0) is 12.2 Å². The van der Waals surface area contributed by atoms with Crippen molar-refractivity contribution in [1.82, 2.24) is 19.7 Å². The fraction of sp³-hybridized carbons (Fsp3) is 0.700. The number of nitrogens with one attached hydrogen (secondary N) is 1. The number of rotatable bonds is 4. The Morgan fingerprint density at radius 1 is 1.50 bits per heavy atom. The molecule has 0 bridgehead atoms. The van der Waals surface area contributed by atoms with E-state index in [0.29, 0.717) is 49.9 Å². The molecular weight excluding hydrogens is 256 g/mol. The third-order valence-corrected chi connectivity index (χ3v) is 3.20. The maximum absolute atomic E-state index is 11.9. The van der Waals surface area contributed by atoms with E-state index in [-0.39, 0.29) is 12.5 Å². The predicted molar refractivity (Wildman–Crippen MR) is 65.4 cm³/mol. The molecule has 1 aromatic heterocycles. The van der Waals surface area contributed by atoms with Crippen LogP contribution in [0.5, 0.6) is 0 Å². The van der Waals surface area contributed by atoms with Gasteiger partial charge in [0.05, 0.1) is 13.2 Å². The van der Waals surface area contributed by atoms with E-state index in [0.717, 1.165) is 0 Å². The smallest absolute Gasteiger partial charge is 0.224 e. The Hall–Kier alpha value is -1.25. The van der Waals surface area contributed by atoms with Gasteiger partial charge in [-0.3, -0.25) is 9.89 Å². The highest BCUT2D eigenvalue weighted by atomic mass is 32.1. The van der Waals surface area contributed by atoms with Crippen LogP contribution < -0.4 is 0 Å². The summed E-state index contributed by atoms with van der Waals surface area (Å²) in [4.78, 5) is 13.7. The second kappa shape index (κ2) is 6.07. The summed E-state index contributed by atoms with van der Waals surface area (Å²) < 4.78 is 7.26. The van der Waals surface area contributed by atoms with Crippen LogP contribution in [0.15, 0.2) is 0 Å². The lowest BCUT2D eigenvalue weighted by atomic mass is 10.3. The molecule has 0 atom stereocenters. The molecule has 1 amide bonds. The van der Waals surface area contributed by atoms with Gasteiger partial charge < -0.3 is 19.3 Å². The van der Waals surface area contributed by atoms with Crippen molar-refractivity contribution in [3.8, 4) is 0 Å². The van der Waals surface area contributed by atoms with Gasteiger partial charge in [0.25, 0.3) is 0 Å². The van der Waals surface area contributed by atoms with Crippen molar-refractivity contribution in [2.45, 2.75) is 19.6 Å². The number of ether oxygens (including phenoxy) is 1. The molecule has 2 heterocycles. The summed E-state index contributed by atoms with van der Waals surface area (Å²) in [5.74, 6) is 0.528. The highest BCUT2D eigenvalue weighted by Gasteiger charge is 2.17. The van der Waals surface area contributed by atoms with Gasteiger partial charge in [0, 0.05) is 26.1 Å². The monoisotopic (exact) mass is 272 g/mol. The lowest BCUT2D eigenvalue weighted by Gasteiger charge is -2.26. The summed E-state index contributed by atoms with van der Waals surface area (Å²) in [7, 11) is 0. The lowest BCUT2D eigenvalue weighted by molar-refractivity contribution is -0.135. The van der Waals surface area contributed by atoms with Crippen LogP contribution in [0.3, 0.4) is 0 Å². The quantitative estimate of drug-likeness (QED) is 0.734. The zero-order valence-corrected chi connectivity index (χ0v) is 10.8. The number of carbonyl (C=O) groups is 1. The zero-order valence-electron chi connectivity index (χ0n) is 9.96. The summed E-state index contributed by atoms with van der Waals surface area (Å²) >= 11 is 5.04. The maximum atomic E-state index is 11.9. The van der Waals surface area contributed by atoms with Crippen LogP contribution in [0, 0.1) is 4.77 Å². The van der Waals surface area contributed by atoms with Crippen molar-refractivity contribution in [3.05, 3.63) is 10.6 Å². The lowest BCUT2D eigenvalue weighted by Crippen LogP contribution is -2.41. The Kier molecular flexibility index (Phi) is 4.45. The molecule has 18 heavy (non-hydrogen) atoms. The van der Waals surface area contributed by atoms with Gasteiger partial charge in [-0.15, -0.1) is 0 Å². The Morgan fingerprint density at radius 2 is 2.22 bits per heavy atom. The highest BCUT2D eigenvalue weighted by Crippen LogP contribution is 2.04. The number of hydrogen-bond acceptors (Lipinski definition) is 5. The molecule has 0 saturated carbocycles. The number of morpholine rings is 1. The number of aromatic amines is 1. The van der Waals surface area contributed by atoms with Crippen molar-refractivity contribution in [2.24, 2.45) is 0 Å². The molecule has 0 aliphatic carbocycles. The Labute approximate surface area is 109 Å². The molecular formula is C10H16N4O3S. The van der Waals surface area contributed by atoms with Crippen molar-refractivity contribution in [2.75, 3.05) is 26.3 Å². The SMILES string of the molecule is O=C(CCn1c(CO)n[nH]c1=S)N1CCOCC1.